The second-order valence-corrected chi connectivity index (χ2v) is 8.69. The van der Waals surface area contributed by atoms with Crippen molar-refractivity contribution in [2.45, 2.75) is 37.1 Å². The van der Waals surface area contributed by atoms with Crippen LogP contribution in [0, 0.1) is 23.7 Å². The van der Waals surface area contributed by atoms with Crippen molar-refractivity contribution >= 4 is 17.8 Å². The highest BCUT2D eigenvalue weighted by Crippen LogP contribution is 2.48. The van der Waals surface area contributed by atoms with Gasteiger partial charge in [0.2, 0.25) is 0 Å². The number of aliphatic hydroxyl groups excluding tert-OH is 2. The molecule has 176 valence electrons. The van der Waals surface area contributed by atoms with Crippen molar-refractivity contribution in [1.29, 1.82) is 0 Å². The molecule has 2 saturated carbocycles. The number of carboxylic acid groups (broad SMARTS) is 2. The molecule has 4 rings (SSSR count). The predicted molar refractivity (Wildman–Crippen MR) is 111 cm³/mol. The van der Waals surface area contributed by atoms with Gasteiger partial charge in [-0.1, -0.05) is 36.8 Å². The number of nitrogens with one attached hydrogen (secondary N) is 2. The molecule has 1 saturated heterocycles. The minimum Gasteiger partial charge on any atom is -0.479 e. The van der Waals surface area contributed by atoms with Crippen LogP contribution < -0.4 is 10.6 Å². The number of carboxylic acids is 2. The maximum Gasteiger partial charge on any atom is 0.335 e. The Hall–Kier alpha value is -2.53. The molecule has 0 radical (unpaired) electrons. The van der Waals surface area contributed by atoms with Gasteiger partial charge in [-0.3, -0.25) is 4.79 Å². The molecule has 0 bridgehead atoms. The first kappa shape index (κ1) is 24.1. The summed E-state index contributed by atoms with van der Waals surface area (Å²) in [6.07, 6.45) is -1.57. The second kappa shape index (κ2) is 9.95. The van der Waals surface area contributed by atoms with Gasteiger partial charge in [-0.25, -0.2) is 9.59 Å². The highest BCUT2D eigenvalue weighted by Gasteiger charge is 2.53. The smallest absolute Gasteiger partial charge is 0.335 e. The van der Waals surface area contributed by atoms with E-state index in [-0.39, 0.29) is 11.8 Å². The van der Waals surface area contributed by atoms with E-state index in [2.05, 4.69) is 10.6 Å². The molecule has 1 aliphatic heterocycles. The maximum atomic E-state index is 12.8. The summed E-state index contributed by atoms with van der Waals surface area (Å²) >= 11 is 0. The molecule has 6 atom stereocenters. The highest BCUT2D eigenvalue weighted by molar-refractivity contribution is 5.87. The Morgan fingerprint density at radius 3 is 1.97 bits per heavy atom. The lowest BCUT2D eigenvalue weighted by molar-refractivity contribution is -0.165. The van der Waals surface area contributed by atoms with Crippen LogP contribution in [-0.2, 0) is 20.0 Å². The van der Waals surface area contributed by atoms with Gasteiger partial charge >= 0.3 is 11.9 Å². The van der Waals surface area contributed by atoms with E-state index >= 15 is 0 Å². The Labute approximate surface area is 185 Å². The van der Waals surface area contributed by atoms with Crippen molar-refractivity contribution in [1.82, 2.24) is 10.6 Å². The van der Waals surface area contributed by atoms with Crippen molar-refractivity contribution in [3.8, 4) is 0 Å². The zero-order valence-corrected chi connectivity index (χ0v) is 17.6. The van der Waals surface area contributed by atoms with Gasteiger partial charge in [-0.15, -0.1) is 0 Å². The van der Waals surface area contributed by atoms with Crippen molar-refractivity contribution < 1.29 is 39.9 Å². The molecule has 2 aliphatic carbocycles. The van der Waals surface area contributed by atoms with Gasteiger partial charge in [0, 0.05) is 12.5 Å². The predicted octanol–water partition coefficient (Wildman–Crippen LogP) is -0.867. The van der Waals surface area contributed by atoms with Gasteiger partial charge in [0.1, 0.15) is 0 Å². The number of carbonyl (C=O) groups is 3. The van der Waals surface area contributed by atoms with Gasteiger partial charge in [-0.2, -0.15) is 0 Å². The Morgan fingerprint density at radius 2 is 1.53 bits per heavy atom. The molecular formula is C22H30N2O8. The molecule has 3 fully saturated rings. The van der Waals surface area contributed by atoms with Gasteiger partial charge in [0.15, 0.2) is 17.8 Å². The Bertz CT molecular complexity index is 802. The highest BCUT2D eigenvalue weighted by atomic mass is 16.4. The topological polar surface area (TPSA) is 176 Å². The molecular weight excluding hydrogens is 420 g/mol. The SMILES string of the molecule is O=C(NCC1[C@H]2CNC[C@@H]12)C(O)(c1ccccc1)C1CCC1.O=C(O)C(O)C(O)C(=O)O. The molecule has 0 spiro atoms. The Morgan fingerprint density at radius 1 is 1.00 bits per heavy atom. The summed E-state index contributed by atoms with van der Waals surface area (Å²) in [7, 11) is 0. The lowest BCUT2D eigenvalue weighted by Crippen LogP contribution is -2.52. The maximum absolute atomic E-state index is 12.8. The molecule has 1 heterocycles. The monoisotopic (exact) mass is 450 g/mol. The number of amides is 1. The fourth-order valence-corrected chi connectivity index (χ4v) is 4.54. The first-order chi connectivity index (χ1) is 15.2. The number of hydrogen-bond acceptors (Lipinski definition) is 7. The van der Waals surface area contributed by atoms with Gasteiger partial charge in [-0.05, 0) is 49.2 Å². The number of carbonyl (C=O) groups excluding carboxylic acids is 1. The second-order valence-electron chi connectivity index (χ2n) is 8.69. The minimum atomic E-state index is -2.27. The number of hydrogen-bond donors (Lipinski definition) is 7. The van der Waals surface area contributed by atoms with Crippen LogP contribution in [0.3, 0.4) is 0 Å². The molecule has 1 aromatic carbocycles. The van der Waals surface area contributed by atoms with Crippen LogP contribution in [0.25, 0.3) is 0 Å². The van der Waals surface area contributed by atoms with Crippen molar-refractivity contribution in [3.05, 3.63) is 35.9 Å². The average Bonchev–Trinajstić information content (AvgIpc) is 3.16. The number of aliphatic carboxylic acids is 2. The molecule has 4 unspecified atom stereocenters. The van der Waals surface area contributed by atoms with Crippen molar-refractivity contribution in [2.24, 2.45) is 23.7 Å². The summed E-state index contributed by atoms with van der Waals surface area (Å²) in [5, 5.41) is 50.1. The summed E-state index contributed by atoms with van der Waals surface area (Å²) < 4.78 is 0. The number of fused-ring (bicyclic) bond motifs is 1. The molecule has 10 heteroatoms. The number of aliphatic hydroxyl groups is 3. The van der Waals surface area contributed by atoms with E-state index in [1.807, 2.05) is 30.3 Å². The van der Waals surface area contributed by atoms with Gasteiger partial charge < -0.3 is 36.2 Å². The normalized spacial score (nSPS) is 27.4. The van der Waals surface area contributed by atoms with E-state index in [9.17, 15) is 19.5 Å². The Kier molecular flexibility index (Phi) is 7.50. The molecule has 1 aromatic rings. The van der Waals surface area contributed by atoms with E-state index < -0.39 is 29.7 Å². The zero-order chi connectivity index (χ0) is 23.5. The summed E-state index contributed by atoms with van der Waals surface area (Å²) in [6, 6.07) is 9.44. The van der Waals surface area contributed by atoms with Crippen LogP contribution in [-0.4, -0.2) is 75.2 Å². The van der Waals surface area contributed by atoms with E-state index in [1.54, 1.807) is 0 Å². The van der Waals surface area contributed by atoms with E-state index in [1.165, 1.54) is 0 Å². The fourth-order valence-electron chi connectivity index (χ4n) is 4.54. The molecule has 3 aliphatic rings. The first-order valence-electron chi connectivity index (χ1n) is 10.8. The van der Waals surface area contributed by atoms with E-state index in [0.717, 1.165) is 49.8 Å². The van der Waals surface area contributed by atoms with Crippen molar-refractivity contribution in [3.63, 3.8) is 0 Å². The first-order valence-corrected chi connectivity index (χ1v) is 10.8. The lowest BCUT2D eigenvalue weighted by atomic mass is 9.69. The Balaban J connectivity index is 0.000000247. The van der Waals surface area contributed by atoms with Crippen molar-refractivity contribution in [2.75, 3.05) is 19.6 Å². The van der Waals surface area contributed by atoms with E-state index in [0.29, 0.717) is 12.5 Å². The van der Waals surface area contributed by atoms with Crippen LogP contribution in [0.2, 0.25) is 0 Å². The zero-order valence-electron chi connectivity index (χ0n) is 17.6. The summed E-state index contributed by atoms with van der Waals surface area (Å²) in [4.78, 5) is 32.3. The largest absolute Gasteiger partial charge is 0.479 e. The molecule has 7 N–H and O–H groups in total. The number of rotatable bonds is 8. The quantitative estimate of drug-likeness (QED) is 0.265. The lowest BCUT2D eigenvalue weighted by Gasteiger charge is -2.40. The number of piperidine rings is 1. The van der Waals surface area contributed by atoms with Crippen LogP contribution in [0.5, 0.6) is 0 Å². The number of benzene rings is 1. The third-order valence-electron chi connectivity index (χ3n) is 6.83. The van der Waals surface area contributed by atoms with Gasteiger partial charge in [0.05, 0.1) is 0 Å². The average molecular weight is 450 g/mol. The minimum absolute atomic E-state index is 0.0512. The molecule has 10 nitrogen and oxygen atoms in total. The molecule has 0 aromatic heterocycles. The molecule has 1 amide bonds. The summed E-state index contributed by atoms with van der Waals surface area (Å²) in [6.45, 7) is 2.87. The summed E-state index contributed by atoms with van der Waals surface area (Å²) in [5.41, 5.74) is -0.628. The van der Waals surface area contributed by atoms with Crippen LogP contribution >= 0.6 is 0 Å². The van der Waals surface area contributed by atoms with Gasteiger partial charge in [0.25, 0.3) is 5.91 Å². The summed E-state index contributed by atoms with van der Waals surface area (Å²) in [5.74, 6) is -1.63. The standard InChI is InChI=1S/C18H24N2O2.C4H6O6/c21-17(20-11-16-14-9-19-10-15(14)16)18(22,13-7-4-8-13)12-5-2-1-3-6-12;5-1(3(7)8)2(6)4(9)10/h1-3,5-6,13-16,19,22H,4,7-11H2,(H,20,21);1-2,5-6H,(H,7,8)(H,9,10)/t14-,15+,16?,18?;. The third-order valence-corrected chi connectivity index (χ3v) is 6.83. The fraction of sp³-hybridized carbons (Fsp3) is 0.591. The molecule has 32 heavy (non-hydrogen) atoms. The third kappa shape index (κ3) is 4.93. The van der Waals surface area contributed by atoms with Crippen LogP contribution in [0.1, 0.15) is 24.8 Å². The van der Waals surface area contributed by atoms with E-state index in [4.69, 9.17) is 20.4 Å². The van der Waals surface area contributed by atoms with Crippen LogP contribution in [0.4, 0.5) is 0 Å². The van der Waals surface area contributed by atoms with Crippen LogP contribution in [0.15, 0.2) is 30.3 Å².